The van der Waals surface area contributed by atoms with Gasteiger partial charge >= 0.3 is 6.18 Å². The molecule has 0 radical (unpaired) electrons. The van der Waals surface area contributed by atoms with Crippen LogP contribution in [0, 0.1) is 5.41 Å². The second-order valence-electron chi connectivity index (χ2n) is 9.11. The Kier molecular flexibility index (Phi) is 5.53. The van der Waals surface area contributed by atoms with Gasteiger partial charge < -0.3 is 10.0 Å². The van der Waals surface area contributed by atoms with E-state index in [1.807, 2.05) is 4.90 Å². The highest BCUT2D eigenvalue weighted by atomic mass is 19.4. The van der Waals surface area contributed by atoms with Crippen LogP contribution in [0.3, 0.4) is 0 Å². The molecule has 7 heteroatoms. The first-order chi connectivity index (χ1) is 12.9. The quantitative estimate of drug-likeness (QED) is 0.845. The molecule has 0 spiro atoms. The van der Waals surface area contributed by atoms with E-state index in [4.69, 9.17) is 0 Å². The largest absolute Gasteiger partial charge is 0.416 e. The third-order valence-corrected chi connectivity index (χ3v) is 6.19. The second kappa shape index (κ2) is 7.34. The van der Waals surface area contributed by atoms with Crippen molar-refractivity contribution >= 4 is 5.91 Å². The van der Waals surface area contributed by atoms with Gasteiger partial charge in [0.2, 0.25) is 5.91 Å². The maximum absolute atomic E-state index is 13.1. The molecule has 2 fully saturated rings. The molecule has 0 aromatic heterocycles. The number of carbonyl (C=O) groups excluding carboxylic acids is 1. The van der Waals surface area contributed by atoms with Crippen LogP contribution in [-0.2, 0) is 17.4 Å². The first kappa shape index (κ1) is 21.1. The van der Waals surface area contributed by atoms with E-state index in [9.17, 15) is 23.1 Å². The Bertz CT molecular complexity index is 717. The Labute approximate surface area is 164 Å². The van der Waals surface area contributed by atoms with Crippen molar-refractivity contribution in [2.45, 2.75) is 64.4 Å². The van der Waals surface area contributed by atoms with Gasteiger partial charge in [-0.15, -0.1) is 0 Å². The van der Waals surface area contributed by atoms with E-state index >= 15 is 0 Å². The second-order valence-corrected chi connectivity index (χ2v) is 9.11. The summed E-state index contributed by atoms with van der Waals surface area (Å²) in [6.07, 6.45) is -2.32. The van der Waals surface area contributed by atoms with Crippen LogP contribution >= 0.6 is 0 Å². The minimum atomic E-state index is -4.38. The predicted molar refractivity (Wildman–Crippen MR) is 100 cm³/mol. The smallest absolute Gasteiger partial charge is 0.392 e. The summed E-state index contributed by atoms with van der Waals surface area (Å²) in [5, 5.41) is 9.99. The van der Waals surface area contributed by atoms with Gasteiger partial charge in [-0.1, -0.05) is 26.0 Å². The van der Waals surface area contributed by atoms with E-state index < -0.39 is 17.4 Å². The van der Waals surface area contributed by atoms with Gasteiger partial charge in [0.25, 0.3) is 0 Å². The fourth-order valence-electron chi connectivity index (χ4n) is 4.68. The molecule has 3 rings (SSSR count). The number of aliphatic hydroxyl groups excluding tert-OH is 1. The van der Waals surface area contributed by atoms with Gasteiger partial charge in [-0.2, -0.15) is 13.2 Å². The van der Waals surface area contributed by atoms with E-state index in [1.165, 1.54) is 12.1 Å². The number of likely N-dealkylation sites (tertiary alicyclic amines) is 2. The number of hydrogen-bond acceptors (Lipinski definition) is 3. The number of piperidine rings is 1. The van der Waals surface area contributed by atoms with Crippen LogP contribution in [0.5, 0.6) is 0 Å². The Morgan fingerprint density at radius 1 is 1.18 bits per heavy atom. The molecule has 156 valence electrons. The minimum Gasteiger partial charge on any atom is -0.392 e. The molecule has 0 aliphatic carbocycles. The fourth-order valence-corrected chi connectivity index (χ4v) is 4.68. The zero-order valence-corrected chi connectivity index (χ0v) is 16.7. The van der Waals surface area contributed by atoms with E-state index in [-0.39, 0.29) is 23.8 Å². The van der Waals surface area contributed by atoms with E-state index in [0.29, 0.717) is 25.1 Å². The molecular weight excluding hydrogens is 369 g/mol. The van der Waals surface area contributed by atoms with Gasteiger partial charge in [-0.25, -0.2) is 0 Å². The van der Waals surface area contributed by atoms with Crippen LogP contribution in [0.4, 0.5) is 13.2 Å². The molecule has 0 saturated carbocycles. The highest BCUT2D eigenvalue weighted by molar-refractivity contribution is 5.79. The van der Waals surface area contributed by atoms with E-state index in [0.717, 1.165) is 31.5 Å². The molecule has 2 aliphatic heterocycles. The standard InChI is InChI=1S/C21H29F3N2O2/c1-19(2)9-11-26(20(3,14-19)25-10-8-17(27)13-25)18(28)12-15-4-6-16(7-5-15)21(22,23)24/h4-7,17,27H,8-14H2,1-3H3. The van der Waals surface area contributed by atoms with Crippen LogP contribution in [0.2, 0.25) is 0 Å². The van der Waals surface area contributed by atoms with Crippen LogP contribution < -0.4 is 0 Å². The maximum atomic E-state index is 13.1. The summed E-state index contributed by atoms with van der Waals surface area (Å²) < 4.78 is 38.3. The number of alkyl halides is 3. The molecular formula is C21H29F3N2O2. The third kappa shape index (κ3) is 4.35. The predicted octanol–water partition coefficient (Wildman–Crippen LogP) is 3.68. The number of nitrogens with zero attached hydrogens (tertiary/aromatic N) is 2. The topological polar surface area (TPSA) is 43.8 Å². The zero-order chi connectivity index (χ0) is 20.7. The summed E-state index contributed by atoms with van der Waals surface area (Å²) in [6, 6.07) is 4.81. The summed E-state index contributed by atoms with van der Waals surface area (Å²) >= 11 is 0. The normalized spacial score (nSPS) is 28.5. The van der Waals surface area contributed by atoms with Gasteiger partial charge in [0.1, 0.15) is 0 Å². The number of β-amino-alcohol motifs (C(OH)–C–C–N with tert-alkyl or cyclic N) is 1. The lowest BCUT2D eigenvalue weighted by atomic mass is 9.75. The van der Waals surface area contributed by atoms with Crippen LogP contribution in [0.15, 0.2) is 24.3 Å². The Morgan fingerprint density at radius 3 is 2.36 bits per heavy atom. The number of amides is 1. The Hall–Kier alpha value is -1.60. The molecule has 2 atom stereocenters. The van der Waals surface area contributed by atoms with Crippen molar-refractivity contribution in [3.05, 3.63) is 35.4 Å². The number of aliphatic hydroxyl groups is 1. The summed E-state index contributed by atoms with van der Waals surface area (Å²) in [5.41, 5.74) is -0.554. The van der Waals surface area contributed by atoms with Crippen molar-refractivity contribution in [1.29, 1.82) is 0 Å². The van der Waals surface area contributed by atoms with Gasteiger partial charge in [0.05, 0.1) is 23.8 Å². The first-order valence-electron chi connectivity index (χ1n) is 9.80. The summed E-state index contributed by atoms with van der Waals surface area (Å²) in [4.78, 5) is 17.2. The molecule has 2 unspecified atom stereocenters. The lowest BCUT2D eigenvalue weighted by Crippen LogP contribution is -2.65. The molecule has 1 N–H and O–H groups in total. The average Bonchev–Trinajstić information content (AvgIpc) is 3.01. The number of halogens is 3. The monoisotopic (exact) mass is 398 g/mol. The average molecular weight is 398 g/mol. The highest BCUT2D eigenvalue weighted by Gasteiger charge is 2.49. The lowest BCUT2D eigenvalue weighted by Gasteiger charge is -2.55. The lowest BCUT2D eigenvalue weighted by molar-refractivity contribution is -0.156. The fraction of sp³-hybridized carbons (Fsp3) is 0.667. The molecule has 2 aliphatic rings. The van der Waals surface area contributed by atoms with E-state index in [1.54, 1.807) is 0 Å². The van der Waals surface area contributed by atoms with Crippen LogP contribution in [0.1, 0.15) is 51.2 Å². The van der Waals surface area contributed by atoms with Gasteiger partial charge in [-0.05, 0) is 49.3 Å². The molecule has 28 heavy (non-hydrogen) atoms. The van der Waals surface area contributed by atoms with Crippen molar-refractivity contribution in [2.24, 2.45) is 5.41 Å². The number of benzene rings is 1. The molecule has 2 heterocycles. The molecule has 2 saturated heterocycles. The van der Waals surface area contributed by atoms with Crippen LogP contribution in [0.25, 0.3) is 0 Å². The summed E-state index contributed by atoms with van der Waals surface area (Å²) in [6.45, 7) is 8.31. The maximum Gasteiger partial charge on any atom is 0.416 e. The molecule has 0 bridgehead atoms. The summed E-state index contributed by atoms with van der Waals surface area (Å²) in [5.74, 6) is -0.0841. The minimum absolute atomic E-state index is 0.0740. The Morgan fingerprint density at radius 2 is 1.82 bits per heavy atom. The van der Waals surface area contributed by atoms with Crippen molar-refractivity contribution in [2.75, 3.05) is 19.6 Å². The van der Waals surface area contributed by atoms with Crippen molar-refractivity contribution in [3.8, 4) is 0 Å². The van der Waals surface area contributed by atoms with Crippen molar-refractivity contribution in [3.63, 3.8) is 0 Å². The molecule has 1 aromatic rings. The molecule has 4 nitrogen and oxygen atoms in total. The number of rotatable bonds is 3. The SMILES string of the molecule is CC1(C)CCN(C(=O)Cc2ccc(C(F)(F)F)cc2)C(C)(N2CCC(O)C2)C1. The number of hydrogen-bond donors (Lipinski definition) is 1. The third-order valence-electron chi connectivity index (χ3n) is 6.19. The van der Waals surface area contributed by atoms with Gasteiger partial charge in [-0.3, -0.25) is 9.69 Å². The molecule has 1 aromatic carbocycles. The Balaban J connectivity index is 1.78. The highest BCUT2D eigenvalue weighted by Crippen LogP contribution is 2.43. The van der Waals surface area contributed by atoms with Gasteiger partial charge in [0.15, 0.2) is 0 Å². The van der Waals surface area contributed by atoms with Crippen molar-refractivity contribution in [1.82, 2.24) is 9.80 Å². The molecule has 1 amide bonds. The van der Waals surface area contributed by atoms with Crippen LogP contribution in [-0.4, -0.2) is 52.2 Å². The van der Waals surface area contributed by atoms with E-state index in [2.05, 4.69) is 25.7 Å². The van der Waals surface area contributed by atoms with Crippen molar-refractivity contribution < 1.29 is 23.1 Å². The zero-order valence-electron chi connectivity index (χ0n) is 16.7. The number of carbonyl (C=O) groups is 1. The van der Waals surface area contributed by atoms with Gasteiger partial charge in [0, 0.05) is 19.6 Å². The first-order valence-corrected chi connectivity index (χ1v) is 9.80. The summed E-state index contributed by atoms with van der Waals surface area (Å²) in [7, 11) is 0.